The highest BCUT2D eigenvalue weighted by Gasteiger charge is 2.11. The first-order valence-electron chi connectivity index (χ1n) is 4.17. The molecule has 2 aromatic heterocycles. The molecule has 5 nitrogen and oxygen atoms in total. The second-order valence-electron chi connectivity index (χ2n) is 2.94. The zero-order chi connectivity index (χ0) is 11.7. The van der Waals surface area contributed by atoms with Gasteiger partial charge < -0.3 is 5.11 Å². The Kier molecular flexibility index (Phi) is 2.57. The molecule has 0 aliphatic rings. The number of nitrogens with zero attached hydrogens (tertiary/aromatic N) is 3. The van der Waals surface area contributed by atoms with Crippen LogP contribution < -0.4 is 0 Å². The van der Waals surface area contributed by atoms with E-state index in [4.69, 9.17) is 16.7 Å². The van der Waals surface area contributed by atoms with E-state index in [0.717, 1.165) is 16.9 Å². The quantitative estimate of drug-likeness (QED) is 0.870. The number of aromatic nitrogens is 3. The third kappa shape index (κ3) is 1.87. The van der Waals surface area contributed by atoms with Gasteiger partial charge in [-0.25, -0.2) is 18.9 Å². The number of aromatic carboxylic acids is 1. The topological polar surface area (TPSA) is 68.0 Å². The van der Waals surface area contributed by atoms with Crippen LogP contribution >= 0.6 is 11.6 Å². The maximum Gasteiger partial charge on any atom is 0.338 e. The Hall–Kier alpha value is -1.95. The number of carboxylic acids is 1. The van der Waals surface area contributed by atoms with E-state index in [1.165, 1.54) is 12.4 Å². The Balaban J connectivity index is 2.46. The molecule has 1 N–H and O–H groups in total. The van der Waals surface area contributed by atoms with E-state index < -0.39 is 11.8 Å². The summed E-state index contributed by atoms with van der Waals surface area (Å²) in [6, 6.07) is 1.08. The summed E-state index contributed by atoms with van der Waals surface area (Å²) >= 11 is 5.53. The van der Waals surface area contributed by atoms with Crippen molar-refractivity contribution in [1.29, 1.82) is 0 Å². The number of carboxylic acid groups (broad SMARTS) is 1. The molecule has 0 bridgehead atoms. The van der Waals surface area contributed by atoms with Gasteiger partial charge in [0.2, 0.25) is 0 Å². The van der Waals surface area contributed by atoms with Crippen molar-refractivity contribution in [3.63, 3.8) is 0 Å². The minimum absolute atomic E-state index is 0.0452. The summed E-state index contributed by atoms with van der Waals surface area (Å²) < 4.78 is 14.4. The molecule has 0 fully saturated rings. The van der Waals surface area contributed by atoms with Crippen LogP contribution in [0, 0.1) is 5.82 Å². The van der Waals surface area contributed by atoms with Crippen molar-refractivity contribution < 1.29 is 14.3 Å². The lowest BCUT2D eigenvalue weighted by atomic mass is 10.4. The first-order valence-corrected chi connectivity index (χ1v) is 4.55. The highest BCUT2D eigenvalue weighted by atomic mass is 35.5. The molecule has 0 atom stereocenters. The Morgan fingerprint density at radius 3 is 2.81 bits per heavy atom. The van der Waals surface area contributed by atoms with Gasteiger partial charge in [-0.05, 0) is 6.07 Å². The van der Waals surface area contributed by atoms with Crippen molar-refractivity contribution in [3.8, 4) is 5.82 Å². The fraction of sp³-hybridized carbons (Fsp3) is 0. The van der Waals surface area contributed by atoms with Crippen molar-refractivity contribution in [2.75, 3.05) is 0 Å². The van der Waals surface area contributed by atoms with Gasteiger partial charge in [-0.1, -0.05) is 11.6 Å². The average molecular weight is 242 g/mol. The molecule has 16 heavy (non-hydrogen) atoms. The smallest absolute Gasteiger partial charge is 0.338 e. The molecule has 2 heterocycles. The van der Waals surface area contributed by atoms with Crippen molar-refractivity contribution in [3.05, 3.63) is 41.1 Å². The number of hydrogen-bond acceptors (Lipinski definition) is 3. The van der Waals surface area contributed by atoms with Crippen LogP contribution in [0.1, 0.15) is 10.4 Å². The van der Waals surface area contributed by atoms with Gasteiger partial charge in [-0.2, -0.15) is 5.10 Å². The maximum absolute atomic E-state index is 13.4. The van der Waals surface area contributed by atoms with Crippen LogP contribution in [-0.2, 0) is 0 Å². The molecule has 0 aliphatic carbocycles. The highest BCUT2D eigenvalue weighted by molar-refractivity contribution is 6.30. The Morgan fingerprint density at radius 2 is 2.25 bits per heavy atom. The zero-order valence-corrected chi connectivity index (χ0v) is 8.52. The molecule has 7 heteroatoms. The van der Waals surface area contributed by atoms with E-state index in [-0.39, 0.29) is 16.4 Å². The summed E-state index contributed by atoms with van der Waals surface area (Å²) in [5, 5.41) is 12.5. The molecule has 82 valence electrons. The van der Waals surface area contributed by atoms with Crippen LogP contribution in [0.2, 0.25) is 5.02 Å². The van der Waals surface area contributed by atoms with Crippen molar-refractivity contribution in [1.82, 2.24) is 14.8 Å². The molecule has 2 rings (SSSR count). The van der Waals surface area contributed by atoms with Gasteiger partial charge in [0.15, 0.2) is 11.6 Å². The summed E-state index contributed by atoms with van der Waals surface area (Å²) in [7, 11) is 0. The van der Waals surface area contributed by atoms with Gasteiger partial charge in [0, 0.05) is 12.4 Å². The van der Waals surface area contributed by atoms with Crippen molar-refractivity contribution in [2.24, 2.45) is 0 Å². The summed E-state index contributed by atoms with van der Waals surface area (Å²) in [5.41, 5.74) is -0.0452. The van der Waals surface area contributed by atoms with Crippen molar-refractivity contribution in [2.45, 2.75) is 0 Å². The van der Waals surface area contributed by atoms with E-state index in [0.29, 0.717) is 0 Å². The molecule has 2 aromatic rings. The third-order valence-electron chi connectivity index (χ3n) is 1.83. The summed E-state index contributed by atoms with van der Waals surface area (Å²) in [6.07, 6.45) is 3.53. The Labute approximate surface area is 94.1 Å². The van der Waals surface area contributed by atoms with E-state index in [1.54, 1.807) is 0 Å². The fourth-order valence-corrected chi connectivity index (χ4v) is 1.27. The van der Waals surface area contributed by atoms with Crippen LogP contribution in [0.15, 0.2) is 24.7 Å². The second-order valence-corrected chi connectivity index (χ2v) is 3.37. The highest BCUT2D eigenvalue weighted by Crippen LogP contribution is 2.15. The SMILES string of the molecule is O=C(O)c1cnn(-c2ncc(Cl)cc2F)c1. The van der Waals surface area contributed by atoms with Gasteiger partial charge in [0.25, 0.3) is 0 Å². The van der Waals surface area contributed by atoms with Crippen LogP contribution in [-0.4, -0.2) is 25.8 Å². The zero-order valence-electron chi connectivity index (χ0n) is 7.76. The second kappa shape index (κ2) is 3.90. The largest absolute Gasteiger partial charge is 0.478 e. The predicted octanol–water partition coefficient (Wildman–Crippen LogP) is 1.76. The maximum atomic E-state index is 13.4. The van der Waals surface area contributed by atoms with E-state index in [2.05, 4.69) is 10.1 Å². The molecule has 0 amide bonds. The molecular weight excluding hydrogens is 237 g/mol. The lowest BCUT2D eigenvalue weighted by Crippen LogP contribution is -2.01. The fourth-order valence-electron chi connectivity index (χ4n) is 1.13. The molecule has 0 aliphatic heterocycles. The lowest BCUT2D eigenvalue weighted by molar-refractivity contribution is 0.0697. The van der Waals surface area contributed by atoms with Crippen LogP contribution in [0.25, 0.3) is 5.82 Å². The molecule has 0 aromatic carbocycles. The van der Waals surface area contributed by atoms with Gasteiger partial charge in [0.05, 0.1) is 16.8 Å². The van der Waals surface area contributed by atoms with E-state index in [9.17, 15) is 9.18 Å². The summed E-state index contributed by atoms with van der Waals surface area (Å²) in [5.74, 6) is -1.91. The molecule has 0 saturated carbocycles. The first-order chi connectivity index (χ1) is 7.58. The molecule has 0 unspecified atom stereocenters. The first kappa shape index (κ1) is 10.6. The minimum Gasteiger partial charge on any atom is -0.478 e. The van der Waals surface area contributed by atoms with Gasteiger partial charge in [-0.3, -0.25) is 0 Å². The molecule has 0 spiro atoms. The van der Waals surface area contributed by atoms with Gasteiger partial charge in [0.1, 0.15) is 0 Å². The van der Waals surface area contributed by atoms with E-state index in [1.807, 2.05) is 0 Å². The Bertz CT molecular complexity index is 555. The summed E-state index contributed by atoms with van der Waals surface area (Å²) in [6.45, 7) is 0. The minimum atomic E-state index is -1.14. The third-order valence-corrected chi connectivity index (χ3v) is 2.04. The van der Waals surface area contributed by atoms with Crippen LogP contribution in [0.4, 0.5) is 4.39 Å². The normalized spacial score (nSPS) is 10.4. The van der Waals surface area contributed by atoms with Crippen LogP contribution in [0.3, 0.4) is 0 Å². The number of rotatable bonds is 2. The van der Waals surface area contributed by atoms with Crippen molar-refractivity contribution >= 4 is 17.6 Å². The number of carbonyl (C=O) groups is 1. The van der Waals surface area contributed by atoms with Gasteiger partial charge >= 0.3 is 5.97 Å². The van der Waals surface area contributed by atoms with Gasteiger partial charge in [-0.15, -0.1) is 0 Å². The monoisotopic (exact) mass is 241 g/mol. The number of pyridine rings is 1. The molecular formula is C9H5ClFN3O2. The lowest BCUT2D eigenvalue weighted by Gasteiger charge is -2.01. The predicted molar refractivity (Wildman–Crippen MR) is 53.3 cm³/mol. The average Bonchev–Trinajstić information content (AvgIpc) is 2.66. The number of halogens is 2. The molecule has 0 saturated heterocycles. The summed E-state index contributed by atoms with van der Waals surface area (Å²) in [4.78, 5) is 14.3. The standard InChI is InChI=1S/C9H5ClFN3O2/c10-6-1-7(11)8(12-3-6)14-4-5(2-13-14)9(15)16/h1-4H,(H,15,16). The number of hydrogen-bond donors (Lipinski definition) is 1. The van der Waals surface area contributed by atoms with E-state index >= 15 is 0 Å². The Morgan fingerprint density at radius 1 is 1.50 bits per heavy atom. The molecule has 0 radical (unpaired) electrons. The van der Waals surface area contributed by atoms with Crippen LogP contribution in [0.5, 0.6) is 0 Å².